The molecule has 2 aliphatic rings. The lowest BCUT2D eigenvalue weighted by atomic mass is 9.96. The maximum absolute atomic E-state index is 13.9. The third-order valence-corrected chi connectivity index (χ3v) is 6.70. The monoisotopic (exact) mass is 392 g/mol. The Balaban J connectivity index is 1.67. The Morgan fingerprint density at radius 2 is 1.85 bits per heavy atom. The van der Waals surface area contributed by atoms with Crippen LogP contribution in [0.5, 0.6) is 0 Å². The summed E-state index contributed by atoms with van der Waals surface area (Å²) in [7, 11) is 0. The molecule has 3 nitrogen and oxygen atoms in total. The number of halogens is 2. The molecule has 2 aromatic rings. The van der Waals surface area contributed by atoms with Crippen LogP contribution in [0.15, 0.2) is 46.2 Å². The normalized spacial score (nSPS) is 21.1. The first-order valence-electron chi connectivity index (χ1n) is 8.97. The highest BCUT2D eigenvalue weighted by Crippen LogP contribution is 2.44. The second-order valence-electron chi connectivity index (χ2n) is 6.86. The maximum Gasteiger partial charge on any atom is 0.123 e. The van der Waals surface area contributed by atoms with Crippen LogP contribution in [0.4, 0.5) is 4.39 Å². The van der Waals surface area contributed by atoms with Crippen LogP contribution in [0.3, 0.4) is 0 Å². The second-order valence-corrected chi connectivity index (χ2v) is 8.38. The number of piperazine rings is 1. The van der Waals surface area contributed by atoms with Gasteiger partial charge in [0.15, 0.2) is 0 Å². The summed E-state index contributed by atoms with van der Waals surface area (Å²) in [4.78, 5) is 7.08. The van der Waals surface area contributed by atoms with Gasteiger partial charge in [-0.2, -0.15) is 0 Å². The SMILES string of the molecule is OCCN1CCN(C2Cc3cc(F)ccc3Sc3ccc(Cl)cc32)CC1. The Morgan fingerprint density at radius 3 is 2.62 bits per heavy atom. The van der Waals surface area contributed by atoms with Gasteiger partial charge in [0, 0.05) is 53.6 Å². The van der Waals surface area contributed by atoms with Crippen LogP contribution in [0.1, 0.15) is 17.2 Å². The van der Waals surface area contributed by atoms with Gasteiger partial charge in [-0.1, -0.05) is 23.4 Å². The molecule has 2 aliphatic heterocycles. The summed E-state index contributed by atoms with van der Waals surface area (Å²) in [6.07, 6.45) is 0.785. The van der Waals surface area contributed by atoms with Crippen molar-refractivity contribution in [2.24, 2.45) is 0 Å². The molecule has 1 unspecified atom stereocenters. The van der Waals surface area contributed by atoms with E-state index in [-0.39, 0.29) is 18.5 Å². The third kappa shape index (κ3) is 3.78. The van der Waals surface area contributed by atoms with E-state index in [2.05, 4.69) is 21.9 Å². The number of fused-ring (bicyclic) bond motifs is 2. The number of benzene rings is 2. The average molecular weight is 393 g/mol. The molecule has 2 aromatic carbocycles. The zero-order valence-electron chi connectivity index (χ0n) is 14.5. The molecule has 4 rings (SSSR count). The summed E-state index contributed by atoms with van der Waals surface area (Å²) in [6, 6.07) is 11.4. The zero-order chi connectivity index (χ0) is 18.1. The van der Waals surface area contributed by atoms with Gasteiger partial charge in [0.25, 0.3) is 0 Å². The number of hydrogen-bond donors (Lipinski definition) is 1. The van der Waals surface area contributed by atoms with E-state index in [4.69, 9.17) is 16.7 Å². The lowest BCUT2D eigenvalue weighted by Crippen LogP contribution is -2.48. The lowest BCUT2D eigenvalue weighted by molar-refractivity contribution is 0.0823. The number of hydrogen-bond acceptors (Lipinski definition) is 4. The van der Waals surface area contributed by atoms with Crippen LogP contribution >= 0.6 is 23.4 Å². The highest BCUT2D eigenvalue weighted by molar-refractivity contribution is 7.99. The van der Waals surface area contributed by atoms with Gasteiger partial charge in [0.1, 0.15) is 5.82 Å². The molecule has 0 spiro atoms. The molecule has 0 saturated carbocycles. The molecule has 138 valence electrons. The standard InChI is InChI=1S/C20H22ClFN2OS/c21-15-1-3-20-17(13-15)18(24-7-5-23(6-8-24)9-10-25)12-14-11-16(22)2-4-19(14)26-20/h1-4,11,13,18,25H,5-10,12H2. The molecule has 1 fully saturated rings. The van der Waals surface area contributed by atoms with Gasteiger partial charge < -0.3 is 5.11 Å². The number of β-amino-alcohol motifs (C(OH)–C–C–N with tert-alkyl or cyclic N) is 1. The van der Waals surface area contributed by atoms with Crippen molar-refractivity contribution in [3.05, 3.63) is 58.4 Å². The second kappa shape index (κ2) is 7.87. The Labute approximate surface area is 162 Å². The summed E-state index contributed by atoms with van der Waals surface area (Å²) in [5.74, 6) is -0.181. The van der Waals surface area contributed by atoms with Crippen molar-refractivity contribution in [2.45, 2.75) is 22.3 Å². The number of aliphatic hydroxyl groups excluding tert-OH is 1. The molecule has 0 bridgehead atoms. The van der Waals surface area contributed by atoms with Crippen molar-refractivity contribution in [1.82, 2.24) is 9.80 Å². The minimum atomic E-state index is -0.181. The first-order chi connectivity index (χ1) is 12.6. The van der Waals surface area contributed by atoms with Crippen LogP contribution < -0.4 is 0 Å². The highest BCUT2D eigenvalue weighted by atomic mass is 35.5. The van der Waals surface area contributed by atoms with Crippen molar-refractivity contribution in [1.29, 1.82) is 0 Å². The predicted octanol–water partition coefficient (Wildman–Crippen LogP) is 3.84. The Hall–Kier alpha value is -1.11. The summed E-state index contributed by atoms with van der Waals surface area (Å²) >= 11 is 8.01. The molecule has 1 atom stereocenters. The van der Waals surface area contributed by atoms with Gasteiger partial charge in [-0.05, 0) is 53.9 Å². The van der Waals surface area contributed by atoms with Crippen LogP contribution in [-0.2, 0) is 6.42 Å². The first kappa shape index (κ1) is 18.3. The van der Waals surface area contributed by atoms with Crippen LogP contribution in [-0.4, -0.2) is 54.2 Å². The van der Waals surface area contributed by atoms with Crippen LogP contribution in [0.2, 0.25) is 5.02 Å². The topological polar surface area (TPSA) is 26.7 Å². The minimum Gasteiger partial charge on any atom is -0.395 e. The molecular weight excluding hydrogens is 371 g/mol. The number of rotatable bonds is 3. The average Bonchev–Trinajstić information content (AvgIpc) is 2.79. The van der Waals surface area contributed by atoms with Gasteiger partial charge >= 0.3 is 0 Å². The Kier molecular flexibility index (Phi) is 5.53. The third-order valence-electron chi connectivity index (χ3n) is 5.25. The van der Waals surface area contributed by atoms with Crippen molar-refractivity contribution in [3.8, 4) is 0 Å². The fourth-order valence-corrected chi connectivity index (χ4v) is 5.16. The maximum atomic E-state index is 13.9. The van der Waals surface area contributed by atoms with E-state index >= 15 is 0 Å². The first-order valence-corrected chi connectivity index (χ1v) is 10.2. The quantitative estimate of drug-likeness (QED) is 0.858. The van der Waals surface area contributed by atoms with E-state index < -0.39 is 0 Å². The number of aliphatic hydroxyl groups is 1. The van der Waals surface area contributed by atoms with Crippen LogP contribution in [0.25, 0.3) is 0 Å². The van der Waals surface area contributed by atoms with Crippen molar-refractivity contribution >= 4 is 23.4 Å². The van der Waals surface area contributed by atoms with E-state index in [1.807, 2.05) is 12.1 Å². The van der Waals surface area contributed by atoms with Gasteiger partial charge in [-0.25, -0.2) is 4.39 Å². The van der Waals surface area contributed by atoms with E-state index in [1.165, 1.54) is 16.5 Å². The summed E-state index contributed by atoms with van der Waals surface area (Å²) in [5.41, 5.74) is 2.29. The lowest BCUT2D eigenvalue weighted by Gasteiger charge is -2.39. The van der Waals surface area contributed by atoms with E-state index in [1.54, 1.807) is 17.8 Å². The van der Waals surface area contributed by atoms with Gasteiger partial charge in [0.2, 0.25) is 0 Å². The fraction of sp³-hybridized carbons (Fsp3) is 0.400. The highest BCUT2D eigenvalue weighted by Gasteiger charge is 2.30. The molecule has 0 aromatic heterocycles. The predicted molar refractivity (Wildman–Crippen MR) is 104 cm³/mol. The molecule has 6 heteroatoms. The summed E-state index contributed by atoms with van der Waals surface area (Å²) in [6.45, 7) is 4.68. The minimum absolute atomic E-state index is 0.181. The summed E-state index contributed by atoms with van der Waals surface area (Å²) in [5, 5.41) is 9.90. The molecular formula is C20H22ClFN2OS. The molecule has 1 N–H and O–H groups in total. The zero-order valence-corrected chi connectivity index (χ0v) is 16.1. The Morgan fingerprint density at radius 1 is 1.08 bits per heavy atom. The smallest absolute Gasteiger partial charge is 0.123 e. The van der Waals surface area contributed by atoms with Crippen LogP contribution in [0, 0.1) is 5.82 Å². The van der Waals surface area contributed by atoms with E-state index in [0.29, 0.717) is 0 Å². The summed E-state index contributed by atoms with van der Waals surface area (Å²) < 4.78 is 13.9. The molecule has 0 aliphatic carbocycles. The molecule has 0 amide bonds. The van der Waals surface area contributed by atoms with Gasteiger partial charge in [0.05, 0.1) is 6.61 Å². The van der Waals surface area contributed by atoms with E-state index in [0.717, 1.165) is 54.6 Å². The molecule has 2 heterocycles. The largest absolute Gasteiger partial charge is 0.395 e. The molecule has 1 saturated heterocycles. The van der Waals surface area contributed by atoms with Crippen molar-refractivity contribution < 1.29 is 9.50 Å². The van der Waals surface area contributed by atoms with Crippen molar-refractivity contribution in [3.63, 3.8) is 0 Å². The number of nitrogens with zero attached hydrogens (tertiary/aromatic N) is 2. The Bertz CT molecular complexity index is 795. The fourth-order valence-electron chi connectivity index (χ4n) is 3.88. The van der Waals surface area contributed by atoms with Crippen molar-refractivity contribution in [2.75, 3.05) is 39.3 Å². The molecule has 0 radical (unpaired) electrons. The van der Waals surface area contributed by atoms with Gasteiger partial charge in [-0.15, -0.1) is 0 Å². The van der Waals surface area contributed by atoms with Gasteiger partial charge in [-0.3, -0.25) is 9.80 Å². The molecule has 26 heavy (non-hydrogen) atoms. The van der Waals surface area contributed by atoms with E-state index in [9.17, 15) is 4.39 Å².